The highest BCUT2D eigenvalue weighted by molar-refractivity contribution is 5.83. The summed E-state index contributed by atoms with van der Waals surface area (Å²) < 4.78 is 0. The molecule has 0 saturated carbocycles. The highest BCUT2D eigenvalue weighted by atomic mass is 16.3. The number of likely N-dealkylation sites (N-methyl/N-ethyl adjacent to an activating group) is 1. The molecule has 3 aromatic rings. The third kappa shape index (κ3) is 5.31. The van der Waals surface area contributed by atoms with Crippen LogP contribution in [0.1, 0.15) is 35.8 Å². The summed E-state index contributed by atoms with van der Waals surface area (Å²) in [4.78, 5) is 15.0. The van der Waals surface area contributed by atoms with E-state index in [1.165, 1.54) is 0 Å². The Morgan fingerprint density at radius 1 is 0.862 bits per heavy atom. The summed E-state index contributed by atoms with van der Waals surface area (Å²) >= 11 is 0. The first-order chi connectivity index (χ1) is 14.1. The van der Waals surface area contributed by atoms with Gasteiger partial charge in [0.05, 0.1) is 12.1 Å². The van der Waals surface area contributed by atoms with E-state index in [9.17, 15) is 9.90 Å². The van der Waals surface area contributed by atoms with E-state index >= 15 is 0 Å². The molecule has 0 aliphatic heterocycles. The summed E-state index contributed by atoms with van der Waals surface area (Å²) in [6.45, 7) is 2.45. The molecule has 29 heavy (non-hydrogen) atoms. The molecule has 0 radical (unpaired) electrons. The molecule has 150 valence electrons. The molecule has 0 unspecified atom stereocenters. The van der Waals surface area contributed by atoms with Crippen molar-refractivity contribution in [1.82, 2.24) is 10.2 Å². The molecule has 2 N–H and O–H groups in total. The number of aliphatic hydroxyl groups is 1. The minimum atomic E-state index is -0.754. The van der Waals surface area contributed by atoms with Crippen LogP contribution in [0.15, 0.2) is 91.0 Å². The van der Waals surface area contributed by atoms with Crippen molar-refractivity contribution in [3.8, 4) is 0 Å². The topological polar surface area (TPSA) is 52.6 Å². The summed E-state index contributed by atoms with van der Waals surface area (Å²) in [7, 11) is 1.75. The molecule has 1 amide bonds. The lowest BCUT2D eigenvalue weighted by molar-refractivity contribution is -0.136. The van der Waals surface area contributed by atoms with E-state index < -0.39 is 12.1 Å². The van der Waals surface area contributed by atoms with Gasteiger partial charge in [-0.2, -0.15) is 0 Å². The maximum Gasteiger partial charge on any atom is 0.244 e. The maximum absolute atomic E-state index is 13.4. The Labute approximate surface area is 172 Å². The maximum atomic E-state index is 13.4. The van der Waals surface area contributed by atoms with E-state index in [2.05, 4.69) is 5.32 Å². The van der Waals surface area contributed by atoms with Crippen LogP contribution in [-0.4, -0.2) is 29.0 Å². The number of hydrogen-bond donors (Lipinski definition) is 2. The summed E-state index contributed by atoms with van der Waals surface area (Å²) in [5, 5.41) is 14.1. The van der Waals surface area contributed by atoms with Crippen LogP contribution in [0.25, 0.3) is 0 Å². The molecular weight excluding hydrogens is 360 g/mol. The van der Waals surface area contributed by atoms with Crippen molar-refractivity contribution in [3.05, 3.63) is 108 Å². The van der Waals surface area contributed by atoms with Gasteiger partial charge in [0.1, 0.15) is 6.04 Å². The number of amides is 1. The predicted octanol–water partition coefficient (Wildman–Crippen LogP) is 4.10. The Hall–Kier alpha value is -2.95. The summed E-state index contributed by atoms with van der Waals surface area (Å²) in [5.74, 6) is -0.0744. The van der Waals surface area contributed by atoms with Gasteiger partial charge in [-0.3, -0.25) is 10.1 Å². The second-order valence-corrected chi connectivity index (χ2v) is 7.26. The SMILES string of the molecule is C[C@@H]([C@@H](O)c1ccccc1)N(C)C(=O)[C@@H](NCc1ccccc1)c1ccccc1. The van der Waals surface area contributed by atoms with Crippen LogP contribution >= 0.6 is 0 Å². The highest BCUT2D eigenvalue weighted by Gasteiger charge is 2.29. The molecule has 4 nitrogen and oxygen atoms in total. The molecule has 3 atom stereocenters. The second-order valence-electron chi connectivity index (χ2n) is 7.26. The van der Waals surface area contributed by atoms with Crippen LogP contribution in [0, 0.1) is 0 Å². The average molecular weight is 389 g/mol. The predicted molar refractivity (Wildman–Crippen MR) is 116 cm³/mol. The van der Waals surface area contributed by atoms with E-state index in [0.717, 1.165) is 16.7 Å². The number of rotatable bonds is 8. The number of nitrogens with one attached hydrogen (secondary N) is 1. The van der Waals surface area contributed by atoms with Crippen LogP contribution in [0.5, 0.6) is 0 Å². The molecule has 0 aromatic heterocycles. The number of aliphatic hydroxyl groups excluding tert-OH is 1. The van der Waals surface area contributed by atoms with Gasteiger partial charge < -0.3 is 10.0 Å². The molecule has 0 fully saturated rings. The van der Waals surface area contributed by atoms with Gasteiger partial charge in [-0.25, -0.2) is 0 Å². The Balaban J connectivity index is 1.77. The van der Waals surface area contributed by atoms with Crippen LogP contribution in [0.3, 0.4) is 0 Å². The molecule has 0 aliphatic rings. The van der Waals surface area contributed by atoms with Gasteiger partial charge in [0.15, 0.2) is 0 Å². The minimum Gasteiger partial charge on any atom is -0.386 e. The smallest absolute Gasteiger partial charge is 0.244 e. The lowest BCUT2D eigenvalue weighted by atomic mass is 10.00. The number of carbonyl (C=O) groups excluding carboxylic acids is 1. The zero-order chi connectivity index (χ0) is 20.6. The summed E-state index contributed by atoms with van der Waals surface area (Å²) in [6, 6.07) is 28.3. The standard InChI is InChI=1S/C25H28N2O2/c1-19(24(28)22-16-10-5-11-17-22)27(2)25(29)23(21-14-8-4-9-15-21)26-18-20-12-6-3-7-13-20/h3-17,19,23-24,26,28H,18H2,1-2H3/t19-,23-,24+/m0/s1. The lowest BCUT2D eigenvalue weighted by Gasteiger charge is -2.32. The molecular formula is C25H28N2O2. The molecule has 4 heteroatoms. The van der Waals surface area contributed by atoms with Gasteiger partial charge in [0, 0.05) is 13.6 Å². The third-order valence-corrected chi connectivity index (χ3v) is 5.29. The van der Waals surface area contributed by atoms with Crippen LogP contribution in [-0.2, 0) is 11.3 Å². The lowest BCUT2D eigenvalue weighted by Crippen LogP contribution is -2.45. The van der Waals surface area contributed by atoms with Gasteiger partial charge in [-0.15, -0.1) is 0 Å². The number of hydrogen-bond acceptors (Lipinski definition) is 3. The zero-order valence-corrected chi connectivity index (χ0v) is 16.9. The van der Waals surface area contributed by atoms with E-state index in [0.29, 0.717) is 6.54 Å². The normalized spacial score (nSPS) is 14.0. The van der Waals surface area contributed by atoms with E-state index in [-0.39, 0.29) is 11.9 Å². The van der Waals surface area contributed by atoms with Gasteiger partial charge >= 0.3 is 0 Å². The van der Waals surface area contributed by atoms with Crippen LogP contribution in [0.4, 0.5) is 0 Å². The first-order valence-corrected chi connectivity index (χ1v) is 9.90. The molecule has 0 heterocycles. The van der Waals surface area contributed by atoms with Gasteiger partial charge in [-0.05, 0) is 23.6 Å². The highest BCUT2D eigenvalue weighted by Crippen LogP contribution is 2.23. The monoisotopic (exact) mass is 388 g/mol. The number of carbonyl (C=O) groups is 1. The molecule has 0 saturated heterocycles. The largest absolute Gasteiger partial charge is 0.386 e. The Bertz CT molecular complexity index is 884. The zero-order valence-electron chi connectivity index (χ0n) is 16.9. The van der Waals surface area contributed by atoms with Crippen molar-refractivity contribution in [2.24, 2.45) is 0 Å². The van der Waals surface area contributed by atoms with Crippen LogP contribution < -0.4 is 5.32 Å². The Morgan fingerprint density at radius 2 is 1.34 bits per heavy atom. The molecule has 0 spiro atoms. The van der Waals surface area contributed by atoms with Crippen molar-refractivity contribution in [3.63, 3.8) is 0 Å². The van der Waals surface area contributed by atoms with Crippen LogP contribution in [0.2, 0.25) is 0 Å². The first kappa shape index (κ1) is 20.8. The van der Waals surface area contributed by atoms with Crippen molar-refractivity contribution in [2.75, 3.05) is 7.05 Å². The van der Waals surface area contributed by atoms with Crippen molar-refractivity contribution in [1.29, 1.82) is 0 Å². The Morgan fingerprint density at radius 3 is 1.90 bits per heavy atom. The third-order valence-electron chi connectivity index (χ3n) is 5.29. The molecule has 3 aromatic carbocycles. The molecule has 0 bridgehead atoms. The van der Waals surface area contributed by atoms with E-state index in [4.69, 9.17) is 0 Å². The number of benzene rings is 3. The summed E-state index contributed by atoms with van der Waals surface area (Å²) in [6.07, 6.45) is -0.754. The fourth-order valence-electron chi connectivity index (χ4n) is 3.35. The van der Waals surface area contributed by atoms with E-state index in [1.54, 1.807) is 11.9 Å². The van der Waals surface area contributed by atoms with Gasteiger partial charge in [0.25, 0.3) is 0 Å². The van der Waals surface area contributed by atoms with Crippen molar-refractivity contribution < 1.29 is 9.90 Å². The first-order valence-electron chi connectivity index (χ1n) is 9.90. The van der Waals surface area contributed by atoms with Crippen molar-refractivity contribution >= 4 is 5.91 Å². The molecule has 3 rings (SSSR count). The van der Waals surface area contributed by atoms with E-state index in [1.807, 2.05) is 97.9 Å². The number of nitrogens with zero attached hydrogens (tertiary/aromatic N) is 1. The average Bonchev–Trinajstić information content (AvgIpc) is 2.79. The quantitative estimate of drug-likeness (QED) is 0.611. The summed E-state index contributed by atoms with van der Waals surface area (Å²) in [5.41, 5.74) is 2.82. The van der Waals surface area contributed by atoms with Gasteiger partial charge in [-0.1, -0.05) is 91.0 Å². The fraction of sp³-hybridized carbons (Fsp3) is 0.240. The minimum absolute atomic E-state index is 0.0744. The second kappa shape index (κ2) is 10.0. The van der Waals surface area contributed by atoms with Crippen molar-refractivity contribution in [2.45, 2.75) is 31.7 Å². The molecule has 0 aliphatic carbocycles. The Kier molecular flexibility index (Phi) is 7.17. The fourth-order valence-corrected chi connectivity index (χ4v) is 3.35. The van der Waals surface area contributed by atoms with Gasteiger partial charge in [0.2, 0.25) is 5.91 Å².